The first-order chi connectivity index (χ1) is 14.7. The van der Waals surface area contributed by atoms with Gasteiger partial charge in [-0.15, -0.1) is 0 Å². The van der Waals surface area contributed by atoms with Gasteiger partial charge in [0.1, 0.15) is 11.3 Å². The number of morpholine rings is 1. The van der Waals surface area contributed by atoms with Gasteiger partial charge in [-0.2, -0.15) is 0 Å². The lowest BCUT2D eigenvalue weighted by molar-refractivity contribution is 0.122. The van der Waals surface area contributed by atoms with Gasteiger partial charge in [0.05, 0.1) is 32.6 Å². The third kappa shape index (κ3) is 4.25. The van der Waals surface area contributed by atoms with E-state index in [0.717, 1.165) is 71.0 Å². The molecular weight excluding hydrogens is 376 g/mol. The maximum absolute atomic E-state index is 8.85. The highest BCUT2D eigenvalue weighted by atomic mass is 16.5. The monoisotopic (exact) mass is 402 g/mol. The van der Waals surface area contributed by atoms with Crippen LogP contribution in [-0.4, -0.2) is 50.1 Å². The van der Waals surface area contributed by atoms with E-state index in [9.17, 15) is 0 Å². The topological polar surface area (TPSA) is 54.8 Å². The summed E-state index contributed by atoms with van der Waals surface area (Å²) < 4.78 is 11.2. The Morgan fingerprint density at radius 2 is 1.90 bits per heavy atom. The van der Waals surface area contributed by atoms with Crippen molar-refractivity contribution in [2.45, 2.75) is 13.3 Å². The number of pyridine rings is 1. The Bertz CT molecular complexity index is 1090. The molecule has 4 rings (SSSR count). The number of anilines is 1. The van der Waals surface area contributed by atoms with Gasteiger partial charge in [-0.3, -0.25) is 0 Å². The minimum absolute atomic E-state index is 0.0838. The van der Waals surface area contributed by atoms with Gasteiger partial charge in [0.2, 0.25) is 0 Å². The lowest BCUT2D eigenvalue weighted by Gasteiger charge is -2.29. The van der Waals surface area contributed by atoms with Crippen LogP contribution in [0.15, 0.2) is 42.5 Å². The van der Waals surface area contributed by atoms with Crippen molar-refractivity contribution in [1.29, 1.82) is 0 Å². The van der Waals surface area contributed by atoms with Crippen LogP contribution >= 0.6 is 0 Å². The van der Waals surface area contributed by atoms with Gasteiger partial charge in [-0.1, -0.05) is 24.0 Å². The summed E-state index contributed by atoms with van der Waals surface area (Å²) in [5.41, 5.74) is 6.05. The summed E-state index contributed by atoms with van der Waals surface area (Å²) in [5.74, 6) is 6.79. The van der Waals surface area contributed by atoms with Gasteiger partial charge in [0.25, 0.3) is 0 Å². The van der Waals surface area contributed by atoms with Crippen LogP contribution in [0.5, 0.6) is 5.75 Å². The van der Waals surface area contributed by atoms with Gasteiger partial charge in [-0.05, 0) is 36.8 Å². The number of aliphatic hydroxyl groups excluding tert-OH is 1. The second-order valence-electron chi connectivity index (χ2n) is 7.32. The zero-order valence-corrected chi connectivity index (χ0v) is 17.4. The summed E-state index contributed by atoms with van der Waals surface area (Å²) in [6.07, 6.45) is 0.486. The fourth-order valence-electron chi connectivity index (χ4n) is 3.70. The van der Waals surface area contributed by atoms with Gasteiger partial charge >= 0.3 is 0 Å². The third-order valence-corrected chi connectivity index (χ3v) is 5.32. The van der Waals surface area contributed by atoms with Crippen LogP contribution < -0.4 is 9.64 Å². The number of rotatable bonds is 4. The Morgan fingerprint density at radius 3 is 2.60 bits per heavy atom. The number of hydrogen-bond acceptors (Lipinski definition) is 5. The Kier molecular flexibility index (Phi) is 6.18. The van der Waals surface area contributed by atoms with E-state index in [2.05, 4.69) is 41.9 Å². The van der Waals surface area contributed by atoms with Crippen molar-refractivity contribution < 1.29 is 14.6 Å². The number of nitrogens with zero attached hydrogens (tertiary/aromatic N) is 2. The lowest BCUT2D eigenvalue weighted by atomic mass is 10.0. The maximum Gasteiger partial charge on any atom is 0.147 e. The van der Waals surface area contributed by atoms with E-state index in [1.54, 1.807) is 7.11 Å². The van der Waals surface area contributed by atoms with Crippen LogP contribution in [-0.2, 0) is 4.74 Å². The molecular formula is C25H26N2O3. The van der Waals surface area contributed by atoms with Crippen molar-refractivity contribution in [3.05, 3.63) is 53.6 Å². The van der Waals surface area contributed by atoms with E-state index in [4.69, 9.17) is 19.6 Å². The quantitative estimate of drug-likeness (QED) is 0.673. The molecule has 0 unspecified atom stereocenters. The zero-order valence-electron chi connectivity index (χ0n) is 17.4. The summed E-state index contributed by atoms with van der Waals surface area (Å²) in [6.45, 7) is 5.46. The largest absolute Gasteiger partial charge is 0.494 e. The number of aromatic nitrogens is 1. The maximum atomic E-state index is 8.85. The molecule has 2 aromatic carbocycles. The Labute approximate surface area is 177 Å². The molecule has 1 fully saturated rings. The molecule has 1 aliphatic heterocycles. The summed E-state index contributed by atoms with van der Waals surface area (Å²) in [7, 11) is 1.70. The third-order valence-electron chi connectivity index (χ3n) is 5.32. The molecule has 0 radical (unpaired) electrons. The number of hydrogen-bond donors (Lipinski definition) is 1. The van der Waals surface area contributed by atoms with E-state index in [1.807, 2.05) is 24.3 Å². The van der Waals surface area contributed by atoms with Crippen LogP contribution in [0.2, 0.25) is 0 Å². The molecule has 154 valence electrons. The van der Waals surface area contributed by atoms with E-state index in [-0.39, 0.29) is 6.61 Å². The first-order valence-corrected chi connectivity index (χ1v) is 10.2. The SMILES string of the molecule is COc1cc(N2CCOCC2)cc2c(C)cc(-c3ccc(C#CCCO)cc3)nc12. The first-order valence-electron chi connectivity index (χ1n) is 10.2. The Morgan fingerprint density at radius 1 is 1.13 bits per heavy atom. The van der Waals surface area contributed by atoms with Crippen molar-refractivity contribution in [2.75, 3.05) is 44.9 Å². The molecule has 5 nitrogen and oxygen atoms in total. The highest BCUT2D eigenvalue weighted by molar-refractivity contribution is 5.92. The second kappa shape index (κ2) is 9.17. The fraction of sp³-hybridized carbons (Fsp3) is 0.320. The van der Waals surface area contributed by atoms with Crippen molar-refractivity contribution in [3.63, 3.8) is 0 Å². The summed E-state index contributed by atoms with van der Waals surface area (Å²) in [5, 5.41) is 9.96. The van der Waals surface area contributed by atoms with Crippen LogP contribution in [0, 0.1) is 18.8 Å². The standard InChI is InChI=1S/C25H26N2O3/c1-18-15-23(20-8-6-19(7-9-20)5-3-4-12-28)26-25-22(18)16-21(17-24(25)29-2)27-10-13-30-14-11-27/h6-9,15-17,28H,4,10-14H2,1-2H3. The molecule has 0 spiro atoms. The average Bonchev–Trinajstić information content (AvgIpc) is 2.79. The van der Waals surface area contributed by atoms with E-state index in [1.165, 1.54) is 0 Å². The Hall–Kier alpha value is -3.07. The number of ether oxygens (including phenoxy) is 2. The molecule has 5 heteroatoms. The van der Waals surface area contributed by atoms with Crippen LogP contribution in [0.4, 0.5) is 5.69 Å². The molecule has 2 heterocycles. The predicted molar refractivity (Wildman–Crippen MR) is 120 cm³/mol. The molecule has 30 heavy (non-hydrogen) atoms. The summed E-state index contributed by atoms with van der Waals surface area (Å²) >= 11 is 0. The highest BCUT2D eigenvalue weighted by Gasteiger charge is 2.16. The van der Waals surface area contributed by atoms with Gasteiger partial charge in [0.15, 0.2) is 0 Å². The molecule has 3 aromatic rings. The smallest absolute Gasteiger partial charge is 0.147 e. The van der Waals surface area contributed by atoms with Gasteiger partial charge in [0, 0.05) is 47.8 Å². The second-order valence-corrected chi connectivity index (χ2v) is 7.32. The van der Waals surface area contributed by atoms with E-state index >= 15 is 0 Å². The van der Waals surface area contributed by atoms with Crippen molar-refractivity contribution in [2.24, 2.45) is 0 Å². The lowest BCUT2D eigenvalue weighted by Crippen LogP contribution is -2.36. The Balaban J connectivity index is 1.72. The van der Waals surface area contributed by atoms with Crippen LogP contribution in [0.1, 0.15) is 17.5 Å². The summed E-state index contributed by atoms with van der Waals surface area (Å²) in [6, 6.07) is 14.4. The summed E-state index contributed by atoms with van der Waals surface area (Å²) in [4.78, 5) is 7.26. The number of aryl methyl sites for hydroxylation is 1. The number of benzene rings is 2. The fourth-order valence-corrected chi connectivity index (χ4v) is 3.70. The van der Waals surface area contributed by atoms with Crippen LogP contribution in [0.3, 0.4) is 0 Å². The molecule has 0 aliphatic carbocycles. The number of aliphatic hydroxyl groups is 1. The number of fused-ring (bicyclic) bond motifs is 1. The molecule has 0 atom stereocenters. The van der Waals surface area contributed by atoms with Crippen molar-refractivity contribution in [3.8, 4) is 28.8 Å². The minimum Gasteiger partial charge on any atom is -0.494 e. The zero-order chi connectivity index (χ0) is 20.9. The van der Waals surface area contributed by atoms with Crippen molar-refractivity contribution >= 4 is 16.6 Å². The number of methoxy groups -OCH3 is 1. The minimum atomic E-state index is 0.0838. The van der Waals surface area contributed by atoms with Crippen LogP contribution in [0.25, 0.3) is 22.2 Å². The molecule has 0 bridgehead atoms. The van der Waals surface area contributed by atoms with E-state index < -0.39 is 0 Å². The molecule has 1 aliphatic rings. The average molecular weight is 402 g/mol. The molecule has 0 amide bonds. The molecule has 0 saturated carbocycles. The highest BCUT2D eigenvalue weighted by Crippen LogP contribution is 2.34. The van der Waals surface area contributed by atoms with E-state index in [0.29, 0.717) is 6.42 Å². The van der Waals surface area contributed by atoms with Crippen molar-refractivity contribution in [1.82, 2.24) is 4.98 Å². The first kappa shape index (κ1) is 20.2. The normalized spacial score (nSPS) is 13.8. The molecule has 1 aromatic heterocycles. The van der Waals surface area contributed by atoms with Gasteiger partial charge < -0.3 is 19.5 Å². The van der Waals surface area contributed by atoms with Gasteiger partial charge in [-0.25, -0.2) is 4.98 Å². The molecule has 1 N–H and O–H groups in total. The molecule has 1 saturated heterocycles. The predicted octanol–water partition coefficient (Wildman–Crippen LogP) is 3.79.